The van der Waals surface area contributed by atoms with Crippen molar-refractivity contribution in [2.24, 2.45) is 0 Å². The van der Waals surface area contributed by atoms with Crippen LogP contribution in [0.1, 0.15) is 44.6 Å². The molecule has 1 aliphatic rings. The van der Waals surface area contributed by atoms with Gasteiger partial charge in [0, 0.05) is 18.8 Å². The van der Waals surface area contributed by atoms with Crippen molar-refractivity contribution in [2.75, 3.05) is 35.5 Å². The first-order valence-corrected chi connectivity index (χ1v) is 14.2. The van der Waals surface area contributed by atoms with Crippen molar-refractivity contribution in [1.82, 2.24) is 4.31 Å². The summed E-state index contributed by atoms with van der Waals surface area (Å²) in [5.74, 6) is -0.226. The number of rotatable bonds is 8. The molecule has 2 aromatic rings. The van der Waals surface area contributed by atoms with Crippen LogP contribution in [-0.2, 0) is 24.8 Å². The highest BCUT2D eigenvalue weighted by atomic mass is 32.2. The van der Waals surface area contributed by atoms with Gasteiger partial charge >= 0.3 is 0 Å². The molecule has 1 N–H and O–H groups in total. The Morgan fingerprint density at radius 1 is 0.939 bits per heavy atom. The summed E-state index contributed by atoms with van der Waals surface area (Å²) >= 11 is 0. The Bertz CT molecular complexity index is 1170. The van der Waals surface area contributed by atoms with Crippen LogP contribution in [0.5, 0.6) is 0 Å². The van der Waals surface area contributed by atoms with Crippen molar-refractivity contribution < 1.29 is 21.6 Å². The maximum absolute atomic E-state index is 12.8. The van der Waals surface area contributed by atoms with Crippen LogP contribution in [-0.4, -0.2) is 52.9 Å². The van der Waals surface area contributed by atoms with Crippen molar-refractivity contribution in [1.29, 1.82) is 0 Å². The normalized spacial score (nSPS) is 15.4. The summed E-state index contributed by atoms with van der Waals surface area (Å²) in [7, 11) is -7.25. The molecule has 1 amide bonds. The molecule has 2 aromatic carbocycles. The number of amides is 1. The third-order valence-electron chi connectivity index (χ3n) is 5.63. The molecule has 10 heteroatoms. The highest BCUT2D eigenvalue weighted by Gasteiger charge is 2.26. The number of anilines is 2. The highest BCUT2D eigenvalue weighted by Crippen LogP contribution is 2.24. The lowest BCUT2D eigenvalue weighted by atomic mass is 10.0. The van der Waals surface area contributed by atoms with Gasteiger partial charge in [0.05, 0.1) is 16.8 Å². The molecule has 1 fully saturated rings. The molecule has 0 saturated carbocycles. The highest BCUT2D eigenvalue weighted by molar-refractivity contribution is 7.92. The second-order valence-corrected chi connectivity index (χ2v) is 12.4. The maximum Gasteiger partial charge on any atom is 0.245 e. The molecule has 0 spiro atoms. The van der Waals surface area contributed by atoms with Gasteiger partial charge in [-0.25, -0.2) is 16.8 Å². The van der Waals surface area contributed by atoms with E-state index in [1.54, 1.807) is 12.1 Å². The first-order valence-electron chi connectivity index (χ1n) is 11.0. The van der Waals surface area contributed by atoms with Crippen LogP contribution in [0.25, 0.3) is 0 Å². The van der Waals surface area contributed by atoms with Crippen molar-refractivity contribution >= 4 is 37.3 Å². The smallest absolute Gasteiger partial charge is 0.245 e. The van der Waals surface area contributed by atoms with Crippen LogP contribution in [0.4, 0.5) is 11.4 Å². The predicted octanol–water partition coefficient (Wildman–Crippen LogP) is 3.39. The Morgan fingerprint density at radius 3 is 2.03 bits per heavy atom. The van der Waals surface area contributed by atoms with E-state index in [-0.39, 0.29) is 4.90 Å². The zero-order valence-corrected chi connectivity index (χ0v) is 20.8. The molecule has 1 aliphatic heterocycles. The van der Waals surface area contributed by atoms with Crippen LogP contribution < -0.4 is 9.62 Å². The number of carbonyl (C=O) groups is 1. The van der Waals surface area contributed by atoms with E-state index in [9.17, 15) is 21.6 Å². The average molecular weight is 494 g/mol. The number of piperidine rings is 1. The predicted molar refractivity (Wildman–Crippen MR) is 130 cm³/mol. The van der Waals surface area contributed by atoms with E-state index in [0.717, 1.165) is 35.4 Å². The molecular formula is C23H31N3O5S2. The molecule has 0 unspecified atom stereocenters. The second kappa shape index (κ2) is 10.2. The van der Waals surface area contributed by atoms with E-state index in [1.807, 2.05) is 26.0 Å². The monoisotopic (exact) mass is 493 g/mol. The number of carbonyl (C=O) groups excluding carboxylic acids is 1. The minimum atomic E-state index is -3.69. The van der Waals surface area contributed by atoms with Crippen molar-refractivity contribution in [3.8, 4) is 0 Å². The number of hydrogen-bond donors (Lipinski definition) is 1. The quantitative estimate of drug-likeness (QED) is 0.607. The molecule has 3 rings (SSSR count). The van der Waals surface area contributed by atoms with Gasteiger partial charge in [-0.05, 0) is 60.7 Å². The van der Waals surface area contributed by atoms with Gasteiger partial charge < -0.3 is 5.32 Å². The minimum Gasteiger partial charge on any atom is -0.325 e. The van der Waals surface area contributed by atoms with E-state index < -0.39 is 32.5 Å². The van der Waals surface area contributed by atoms with Crippen LogP contribution in [0.3, 0.4) is 0 Å². The van der Waals surface area contributed by atoms with Gasteiger partial charge in [-0.1, -0.05) is 32.4 Å². The summed E-state index contributed by atoms with van der Waals surface area (Å²) in [5, 5.41) is 2.65. The average Bonchev–Trinajstić information content (AvgIpc) is 2.78. The van der Waals surface area contributed by atoms with E-state index >= 15 is 0 Å². The summed E-state index contributed by atoms with van der Waals surface area (Å²) in [6, 6.07) is 13.0. The van der Waals surface area contributed by atoms with Crippen LogP contribution in [0, 0.1) is 0 Å². The molecule has 0 bridgehead atoms. The standard InChI is InChI=1S/C23H31N3O5S2/c1-18(2)19-7-11-21(12-8-19)26(32(3,28)29)17-23(27)24-20-9-13-22(14-10-20)33(30,31)25-15-5-4-6-16-25/h7-14,18H,4-6,15-17H2,1-3H3,(H,24,27). The van der Waals surface area contributed by atoms with E-state index in [4.69, 9.17) is 0 Å². The Kier molecular flexibility index (Phi) is 7.81. The third kappa shape index (κ3) is 6.33. The van der Waals surface area contributed by atoms with Crippen LogP contribution in [0.2, 0.25) is 0 Å². The van der Waals surface area contributed by atoms with Gasteiger partial charge in [-0.2, -0.15) is 4.31 Å². The number of sulfonamides is 2. The largest absolute Gasteiger partial charge is 0.325 e. The molecule has 0 aliphatic carbocycles. The first-order chi connectivity index (χ1) is 15.5. The number of benzene rings is 2. The Hall–Kier alpha value is -2.43. The topological polar surface area (TPSA) is 104 Å². The van der Waals surface area contributed by atoms with Gasteiger partial charge in [-0.15, -0.1) is 0 Å². The first kappa shape index (κ1) is 25.2. The fourth-order valence-electron chi connectivity index (χ4n) is 3.72. The molecule has 0 radical (unpaired) electrons. The molecule has 0 atom stereocenters. The summed E-state index contributed by atoms with van der Waals surface area (Å²) in [6.45, 7) is 4.72. The zero-order valence-electron chi connectivity index (χ0n) is 19.2. The SMILES string of the molecule is CC(C)c1ccc(N(CC(=O)Nc2ccc(S(=O)(=O)N3CCCCC3)cc2)S(C)(=O)=O)cc1. The fourth-order valence-corrected chi connectivity index (χ4v) is 6.09. The van der Waals surface area contributed by atoms with Crippen molar-refractivity contribution in [3.05, 3.63) is 54.1 Å². The third-order valence-corrected chi connectivity index (χ3v) is 8.68. The Balaban J connectivity index is 1.70. The van der Waals surface area contributed by atoms with Crippen LogP contribution >= 0.6 is 0 Å². The number of hydrogen-bond acceptors (Lipinski definition) is 5. The van der Waals surface area contributed by atoms with E-state index in [0.29, 0.717) is 30.4 Å². The molecule has 180 valence electrons. The molecule has 8 nitrogen and oxygen atoms in total. The lowest BCUT2D eigenvalue weighted by molar-refractivity contribution is -0.114. The molecule has 0 aromatic heterocycles. The molecule has 1 heterocycles. The summed E-state index contributed by atoms with van der Waals surface area (Å²) in [5.41, 5.74) is 1.86. The van der Waals surface area contributed by atoms with Gasteiger partial charge in [0.2, 0.25) is 26.0 Å². The molecule has 33 heavy (non-hydrogen) atoms. The van der Waals surface area contributed by atoms with E-state index in [1.165, 1.54) is 28.6 Å². The van der Waals surface area contributed by atoms with Gasteiger partial charge in [-0.3, -0.25) is 9.10 Å². The summed E-state index contributed by atoms with van der Waals surface area (Å²) in [4.78, 5) is 12.8. The van der Waals surface area contributed by atoms with E-state index in [2.05, 4.69) is 5.32 Å². The second-order valence-electron chi connectivity index (χ2n) is 8.55. The summed E-state index contributed by atoms with van der Waals surface area (Å²) in [6.07, 6.45) is 3.79. The maximum atomic E-state index is 12.8. The summed E-state index contributed by atoms with van der Waals surface area (Å²) < 4.78 is 52.7. The van der Waals surface area contributed by atoms with Crippen molar-refractivity contribution in [2.45, 2.75) is 43.9 Å². The lowest BCUT2D eigenvalue weighted by Gasteiger charge is -2.26. The fraction of sp³-hybridized carbons (Fsp3) is 0.435. The number of nitrogens with one attached hydrogen (secondary N) is 1. The zero-order chi connectivity index (χ0) is 24.2. The molecular weight excluding hydrogens is 462 g/mol. The lowest BCUT2D eigenvalue weighted by Crippen LogP contribution is -2.37. The van der Waals surface area contributed by atoms with Gasteiger partial charge in [0.15, 0.2) is 0 Å². The van der Waals surface area contributed by atoms with Crippen molar-refractivity contribution in [3.63, 3.8) is 0 Å². The van der Waals surface area contributed by atoms with Gasteiger partial charge in [0.25, 0.3) is 0 Å². The number of nitrogens with zero attached hydrogens (tertiary/aromatic N) is 2. The minimum absolute atomic E-state index is 0.172. The van der Waals surface area contributed by atoms with Crippen LogP contribution in [0.15, 0.2) is 53.4 Å². The van der Waals surface area contributed by atoms with Gasteiger partial charge in [0.1, 0.15) is 6.54 Å². The Morgan fingerprint density at radius 2 is 1.52 bits per heavy atom. The molecule has 1 saturated heterocycles. The Labute approximate surface area is 196 Å².